The Morgan fingerprint density at radius 1 is 0.963 bits per heavy atom. The average Bonchev–Trinajstić information content (AvgIpc) is 2.70. The lowest BCUT2D eigenvalue weighted by molar-refractivity contribution is 0.224. The van der Waals surface area contributed by atoms with Gasteiger partial charge in [0.25, 0.3) is 0 Å². The number of amides is 2. The van der Waals surface area contributed by atoms with Crippen LogP contribution in [-0.2, 0) is 6.42 Å². The summed E-state index contributed by atoms with van der Waals surface area (Å²) in [5, 5.41) is 15.8. The van der Waals surface area contributed by atoms with Crippen LogP contribution in [0.25, 0.3) is 11.1 Å². The molecule has 5 nitrogen and oxygen atoms in total. The van der Waals surface area contributed by atoms with Crippen molar-refractivity contribution >= 4 is 23.3 Å². The van der Waals surface area contributed by atoms with Gasteiger partial charge in [-0.3, -0.25) is 4.98 Å². The molecule has 138 valence electrons. The molecule has 0 spiro atoms. The van der Waals surface area contributed by atoms with Crippen molar-refractivity contribution in [3.8, 4) is 11.1 Å². The number of hydrogen-bond acceptors (Lipinski definition) is 3. The zero-order chi connectivity index (χ0) is 19.1. The first kappa shape index (κ1) is 18.9. The minimum atomic E-state index is -0.387. The van der Waals surface area contributed by atoms with Crippen LogP contribution in [0.15, 0.2) is 73.1 Å². The van der Waals surface area contributed by atoms with E-state index in [2.05, 4.69) is 15.6 Å². The molecule has 0 fully saturated rings. The molecule has 3 rings (SSSR count). The zero-order valence-electron chi connectivity index (χ0n) is 14.6. The van der Waals surface area contributed by atoms with Gasteiger partial charge >= 0.3 is 6.03 Å². The minimum absolute atomic E-state index is 0.156. The van der Waals surface area contributed by atoms with Crippen molar-refractivity contribution in [1.82, 2.24) is 10.3 Å². The third-order valence-electron chi connectivity index (χ3n) is 4.11. The maximum atomic E-state index is 12.2. The number of aliphatic hydroxyl groups excluding tert-OH is 1. The number of pyridine rings is 1. The molecule has 0 radical (unpaired) electrons. The van der Waals surface area contributed by atoms with Crippen molar-refractivity contribution < 1.29 is 9.90 Å². The molecule has 1 atom stereocenters. The lowest BCUT2D eigenvalue weighted by Crippen LogP contribution is -2.41. The maximum Gasteiger partial charge on any atom is 0.319 e. The van der Waals surface area contributed by atoms with E-state index < -0.39 is 0 Å². The lowest BCUT2D eigenvalue weighted by atomic mass is 10.1. The Morgan fingerprint density at radius 2 is 1.59 bits per heavy atom. The summed E-state index contributed by atoms with van der Waals surface area (Å²) in [5.41, 5.74) is 3.76. The Bertz CT molecular complexity index is 868. The number of benzene rings is 2. The predicted molar refractivity (Wildman–Crippen MR) is 108 cm³/mol. The van der Waals surface area contributed by atoms with Gasteiger partial charge in [0.2, 0.25) is 0 Å². The molecule has 27 heavy (non-hydrogen) atoms. The number of halogens is 1. The molecule has 0 aliphatic heterocycles. The Kier molecular flexibility index (Phi) is 6.41. The number of rotatable bonds is 6. The zero-order valence-corrected chi connectivity index (χ0v) is 15.4. The predicted octanol–water partition coefficient (Wildman–Crippen LogP) is 4.13. The van der Waals surface area contributed by atoms with Crippen LogP contribution < -0.4 is 10.6 Å². The Morgan fingerprint density at radius 3 is 2.22 bits per heavy atom. The van der Waals surface area contributed by atoms with E-state index in [-0.39, 0.29) is 18.7 Å². The van der Waals surface area contributed by atoms with Crippen molar-refractivity contribution in [2.45, 2.75) is 12.5 Å². The number of hydrogen-bond donors (Lipinski definition) is 3. The first-order valence-electron chi connectivity index (χ1n) is 8.57. The monoisotopic (exact) mass is 381 g/mol. The number of aromatic nitrogens is 1. The standard InChI is InChI=1S/C21H20ClN3O2/c22-18-5-1-15(2-6-18)13-20(14-26)25-21(27)24-19-7-3-16(4-8-19)17-9-11-23-12-10-17/h1-12,20,26H,13-14H2,(H2,24,25,27)/t20-/m1/s1. The van der Waals surface area contributed by atoms with Crippen LogP contribution in [0.3, 0.4) is 0 Å². The summed E-state index contributed by atoms with van der Waals surface area (Å²) in [4.78, 5) is 16.2. The third kappa shape index (κ3) is 5.54. The van der Waals surface area contributed by atoms with Gasteiger partial charge in [-0.25, -0.2) is 4.79 Å². The molecule has 1 heterocycles. The maximum absolute atomic E-state index is 12.2. The van der Waals surface area contributed by atoms with E-state index in [4.69, 9.17) is 11.6 Å². The summed E-state index contributed by atoms with van der Waals surface area (Å²) in [5.74, 6) is 0. The highest BCUT2D eigenvalue weighted by atomic mass is 35.5. The van der Waals surface area contributed by atoms with Gasteiger partial charge in [0.1, 0.15) is 0 Å². The van der Waals surface area contributed by atoms with Crippen LogP contribution in [0, 0.1) is 0 Å². The molecule has 3 N–H and O–H groups in total. The third-order valence-corrected chi connectivity index (χ3v) is 4.36. The van der Waals surface area contributed by atoms with Gasteiger partial charge in [-0.05, 0) is 59.5 Å². The molecule has 0 saturated heterocycles. The lowest BCUT2D eigenvalue weighted by Gasteiger charge is -2.17. The fourth-order valence-electron chi connectivity index (χ4n) is 2.71. The second-order valence-electron chi connectivity index (χ2n) is 6.12. The van der Waals surface area contributed by atoms with Gasteiger partial charge in [-0.15, -0.1) is 0 Å². The summed E-state index contributed by atoms with van der Waals surface area (Å²) >= 11 is 5.87. The van der Waals surface area contributed by atoms with E-state index in [9.17, 15) is 9.90 Å². The summed E-state index contributed by atoms with van der Waals surface area (Å²) in [6, 6.07) is 18.0. The summed E-state index contributed by atoms with van der Waals surface area (Å²) in [6.07, 6.45) is 4.00. The number of anilines is 1. The highest BCUT2D eigenvalue weighted by molar-refractivity contribution is 6.30. The first-order valence-corrected chi connectivity index (χ1v) is 8.95. The SMILES string of the molecule is O=C(Nc1ccc(-c2ccncc2)cc1)N[C@@H](CO)Cc1ccc(Cl)cc1. The average molecular weight is 382 g/mol. The highest BCUT2D eigenvalue weighted by Crippen LogP contribution is 2.20. The van der Waals surface area contributed by atoms with Gasteiger partial charge in [0, 0.05) is 23.1 Å². The number of nitrogens with one attached hydrogen (secondary N) is 2. The van der Waals surface area contributed by atoms with E-state index in [0.29, 0.717) is 17.1 Å². The molecular weight excluding hydrogens is 362 g/mol. The van der Waals surface area contributed by atoms with Crippen molar-refractivity contribution in [1.29, 1.82) is 0 Å². The fraction of sp³-hybridized carbons (Fsp3) is 0.143. The van der Waals surface area contributed by atoms with Crippen LogP contribution in [0.2, 0.25) is 5.02 Å². The van der Waals surface area contributed by atoms with Crippen LogP contribution >= 0.6 is 11.6 Å². The van der Waals surface area contributed by atoms with Crippen LogP contribution in [0.4, 0.5) is 10.5 Å². The summed E-state index contributed by atoms with van der Waals surface area (Å²) in [7, 11) is 0. The molecule has 1 aromatic heterocycles. The number of aliphatic hydroxyl groups is 1. The van der Waals surface area contributed by atoms with Gasteiger partial charge < -0.3 is 15.7 Å². The van der Waals surface area contributed by atoms with Crippen molar-refractivity contribution in [2.75, 3.05) is 11.9 Å². The van der Waals surface area contributed by atoms with Crippen LogP contribution in [0.5, 0.6) is 0 Å². The van der Waals surface area contributed by atoms with E-state index in [1.807, 2.05) is 48.5 Å². The smallest absolute Gasteiger partial charge is 0.319 e. The highest BCUT2D eigenvalue weighted by Gasteiger charge is 2.12. The molecule has 0 bridgehead atoms. The molecule has 6 heteroatoms. The number of carbonyl (C=O) groups is 1. The molecule has 0 unspecified atom stereocenters. The van der Waals surface area contributed by atoms with Crippen molar-refractivity contribution in [2.24, 2.45) is 0 Å². The molecule has 0 saturated carbocycles. The molecule has 3 aromatic rings. The number of carbonyl (C=O) groups excluding carboxylic acids is 1. The van der Waals surface area contributed by atoms with Crippen molar-refractivity contribution in [3.05, 3.63) is 83.6 Å². The normalized spacial score (nSPS) is 11.6. The quantitative estimate of drug-likeness (QED) is 0.601. The Balaban J connectivity index is 1.56. The molecule has 0 aliphatic rings. The second kappa shape index (κ2) is 9.16. The molecule has 2 amide bonds. The fourth-order valence-corrected chi connectivity index (χ4v) is 2.84. The summed E-state index contributed by atoms with van der Waals surface area (Å²) in [6.45, 7) is -0.156. The first-order chi connectivity index (χ1) is 13.1. The van der Waals surface area contributed by atoms with Gasteiger partial charge in [-0.2, -0.15) is 0 Å². The van der Waals surface area contributed by atoms with E-state index in [1.54, 1.807) is 24.5 Å². The number of nitrogens with zero attached hydrogens (tertiary/aromatic N) is 1. The summed E-state index contributed by atoms with van der Waals surface area (Å²) < 4.78 is 0. The Hall–Kier alpha value is -2.89. The van der Waals surface area contributed by atoms with Gasteiger partial charge in [0.15, 0.2) is 0 Å². The molecule has 2 aromatic carbocycles. The van der Waals surface area contributed by atoms with Crippen LogP contribution in [-0.4, -0.2) is 28.8 Å². The van der Waals surface area contributed by atoms with Gasteiger partial charge in [0.05, 0.1) is 12.6 Å². The van der Waals surface area contributed by atoms with E-state index in [0.717, 1.165) is 16.7 Å². The topological polar surface area (TPSA) is 74.2 Å². The van der Waals surface area contributed by atoms with E-state index >= 15 is 0 Å². The molecular formula is C21H20ClN3O2. The molecule has 0 aliphatic carbocycles. The second-order valence-corrected chi connectivity index (χ2v) is 6.56. The number of urea groups is 1. The largest absolute Gasteiger partial charge is 0.394 e. The van der Waals surface area contributed by atoms with Crippen LogP contribution in [0.1, 0.15) is 5.56 Å². The van der Waals surface area contributed by atoms with Crippen molar-refractivity contribution in [3.63, 3.8) is 0 Å². The minimum Gasteiger partial charge on any atom is -0.394 e. The Labute approximate surface area is 163 Å². The van der Waals surface area contributed by atoms with Gasteiger partial charge in [-0.1, -0.05) is 35.9 Å². The van der Waals surface area contributed by atoms with E-state index in [1.165, 1.54) is 0 Å².